The molecule has 1 aromatic rings. The lowest BCUT2D eigenvalue weighted by Gasteiger charge is -2.30. The van der Waals surface area contributed by atoms with E-state index < -0.39 is 11.8 Å². The van der Waals surface area contributed by atoms with Gasteiger partial charge in [-0.25, -0.2) is 9.18 Å². The number of likely N-dealkylation sites (tertiary alicyclic amines) is 1. The molecule has 0 aromatic heterocycles. The Labute approximate surface area is 106 Å². The van der Waals surface area contributed by atoms with Crippen molar-refractivity contribution in [3.8, 4) is 0 Å². The van der Waals surface area contributed by atoms with Crippen LogP contribution in [-0.2, 0) is 6.54 Å². The van der Waals surface area contributed by atoms with Crippen molar-refractivity contribution in [1.29, 1.82) is 0 Å². The van der Waals surface area contributed by atoms with Crippen LogP contribution in [0.3, 0.4) is 0 Å². The first-order valence-electron chi connectivity index (χ1n) is 6.30. The summed E-state index contributed by atoms with van der Waals surface area (Å²) in [5, 5.41) is 8.78. The number of benzene rings is 1. The third kappa shape index (κ3) is 3.07. The molecule has 0 amide bonds. The van der Waals surface area contributed by atoms with Crippen LogP contribution in [0.5, 0.6) is 0 Å². The number of aromatic carboxylic acids is 1. The minimum absolute atomic E-state index is 0.00302. The fraction of sp³-hybridized carbons (Fsp3) is 0.500. The minimum atomic E-state index is -1.09. The Hall–Kier alpha value is -1.42. The van der Waals surface area contributed by atoms with E-state index in [1.165, 1.54) is 12.5 Å². The van der Waals surface area contributed by atoms with E-state index in [2.05, 4.69) is 11.8 Å². The molecular weight excluding hydrogens is 233 g/mol. The molecule has 0 bridgehead atoms. The fourth-order valence-corrected chi connectivity index (χ4v) is 2.48. The maximum Gasteiger partial charge on any atom is 0.335 e. The number of nitrogens with zero attached hydrogens (tertiary/aromatic N) is 1. The Morgan fingerprint density at radius 1 is 1.56 bits per heavy atom. The Bertz CT molecular complexity index is 447. The summed E-state index contributed by atoms with van der Waals surface area (Å²) in [6.45, 7) is 4.75. The molecule has 1 aliphatic heterocycles. The zero-order valence-electron chi connectivity index (χ0n) is 10.5. The monoisotopic (exact) mass is 251 g/mol. The standard InChI is InChI=1S/C14H18FNO2/c1-10-3-2-6-16(8-10)9-12-5-4-11(14(17)18)7-13(12)15/h4-5,7,10H,2-3,6,8-9H2,1H3,(H,17,18). The highest BCUT2D eigenvalue weighted by molar-refractivity contribution is 5.87. The van der Waals surface area contributed by atoms with Crippen molar-refractivity contribution < 1.29 is 14.3 Å². The van der Waals surface area contributed by atoms with Gasteiger partial charge < -0.3 is 5.11 Å². The molecule has 0 radical (unpaired) electrons. The lowest BCUT2D eigenvalue weighted by atomic mass is 9.99. The molecule has 1 aromatic carbocycles. The van der Waals surface area contributed by atoms with Gasteiger partial charge in [-0.1, -0.05) is 13.0 Å². The number of hydrogen-bond acceptors (Lipinski definition) is 2. The summed E-state index contributed by atoms with van der Waals surface area (Å²) in [6, 6.07) is 4.15. The van der Waals surface area contributed by atoms with E-state index in [-0.39, 0.29) is 5.56 Å². The van der Waals surface area contributed by atoms with Crippen LogP contribution in [0.1, 0.15) is 35.7 Å². The van der Waals surface area contributed by atoms with E-state index in [9.17, 15) is 9.18 Å². The summed E-state index contributed by atoms with van der Waals surface area (Å²) in [4.78, 5) is 12.9. The molecule has 1 heterocycles. The predicted molar refractivity (Wildman–Crippen MR) is 67.0 cm³/mol. The van der Waals surface area contributed by atoms with Gasteiger partial charge in [-0.15, -0.1) is 0 Å². The van der Waals surface area contributed by atoms with E-state index in [0.717, 1.165) is 25.6 Å². The second-order valence-electron chi connectivity index (χ2n) is 5.09. The maximum atomic E-state index is 13.8. The van der Waals surface area contributed by atoms with Crippen molar-refractivity contribution in [1.82, 2.24) is 4.90 Å². The highest BCUT2D eigenvalue weighted by Crippen LogP contribution is 2.19. The van der Waals surface area contributed by atoms with Crippen LogP contribution in [-0.4, -0.2) is 29.1 Å². The summed E-state index contributed by atoms with van der Waals surface area (Å²) in [5.41, 5.74) is 0.581. The highest BCUT2D eigenvalue weighted by Gasteiger charge is 2.18. The summed E-state index contributed by atoms with van der Waals surface area (Å²) in [6.07, 6.45) is 2.38. The molecule has 0 saturated carbocycles. The summed E-state index contributed by atoms with van der Waals surface area (Å²) in [7, 11) is 0. The maximum absolute atomic E-state index is 13.8. The third-order valence-electron chi connectivity index (χ3n) is 3.44. The minimum Gasteiger partial charge on any atom is -0.478 e. The molecule has 1 unspecified atom stereocenters. The lowest BCUT2D eigenvalue weighted by Crippen LogP contribution is -2.34. The molecule has 4 heteroatoms. The quantitative estimate of drug-likeness (QED) is 0.898. The van der Waals surface area contributed by atoms with Gasteiger partial charge in [0.1, 0.15) is 5.82 Å². The van der Waals surface area contributed by atoms with Crippen molar-refractivity contribution in [2.24, 2.45) is 5.92 Å². The van der Waals surface area contributed by atoms with Crippen LogP contribution >= 0.6 is 0 Å². The Morgan fingerprint density at radius 2 is 2.33 bits per heavy atom. The Morgan fingerprint density at radius 3 is 2.94 bits per heavy atom. The fourth-order valence-electron chi connectivity index (χ4n) is 2.48. The molecule has 1 N–H and O–H groups in total. The second kappa shape index (κ2) is 5.48. The van der Waals surface area contributed by atoms with Crippen LogP contribution in [0, 0.1) is 11.7 Å². The number of hydrogen-bond donors (Lipinski definition) is 1. The SMILES string of the molecule is CC1CCCN(Cc2ccc(C(=O)O)cc2F)C1. The summed E-state index contributed by atoms with van der Waals surface area (Å²) >= 11 is 0. The topological polar surface area (TPSA) is 40.5 Å². The van der Waals surface area contributed by atoms with Crippen LogP contribution < -0.4 is 0 Å². The highest BCUT2D eigenvalue weighted by atomic mass is 19.1. The number of carboxylic acids is 1. The average molecular weight is 251 g/mol. The van der Waals surface area contributed by atoms with Gasteiger partial charge in [-0.2, -0.15) is 0 Å². The first-order valence-corrected chi connectivity index (χ1v) is 6.30. The zero-order valence-corrected chi connectivity index (χ0v) is 10.5. The van der Waals surface area contributed by atoms with Crippen molar-refractivity contribution in [3.05, 3.63) is 35.1 Å². The normalized spacial score (nSPS) is 20.9. The molecular formula is C14H18FNO2. The van der Waals surface area contributed by atoms with Gasteiger partial charge in [0.05, 0.1) is 5.56 Å². The van der Waals surface area contributed by atoms with Crippen molar-refractivity contribution in [2.75, 3.05) is 13.1 Å². The van der Waals surface area contributed by atoms with E-state index in [1.807, 2.05) is 0 Å². The number of carboxylic acid groups (broad SMARTS) is 1. The average Bonchev–Trinajstić information content (AvgIpc) is 2.31. The van der Waals surface area contributed by atoms with Gasteiger partial charge in [-0.3, -0.25) is 4.90 Å². The van der Waals surface area contributed by atoms with E-state index in [4.69, 9.17) is 5.11 Å². The molecule has 1 atom stereocenters. The van der Waals surface area contributed by atoms with Gasteiger partial charge in [0.2, 0.25) is 0 Å². The van der Waals surface area contributed by atoms with Gasteiger partial charge in [-0.05, 0) is 37.4 Å². The number of rotatable bonds is 3. The largest absolute Gasteiger partial charge is 0.478 e. The molecule has 1 saturated heterocycles. The molecule has 2 rings (SSSR count). The first kappa shape index (κ1) is 13.0. The molecule has 98 valence electrons. The first-order chi connectivity index (χ1) is 8.56. The van der Waals surface area contributed by atoms with E-state index in [1.54, 1.807) is 6.07 Å². The van der Waals surface area contributed by atoms with Gasteiger partial charge >= 0.3 is 5.97 Å². The van der Waals surface area contributed by atoms with Crippen molar-refractivity contribution >= 4 is 5.97 Å². The molecule has 1 fully saturated rings. The third-order valence-corrected chi connectivity index (χ3v) is 3.44. The molecule has 1 aliphatic rings. The van der Waals surface area contributed by atoms with E-state index in [0.29, 0.717) is 18.0 Å². The number of piperidine rings is 1. The van der Waals surface area contributed by atoms with Gasteiger partial charge in [0, 0.05) is 18.7 Å². The lowest BCUT2D eigenvalue weighted by molar-refractivity contribution is 0.0696. The van der Waals surface area contributed by atoms with Crippen LogP contribution in [0.25, 0.3) is 0 Å². The number of carbonyl (C=O) groups is 1. The van der Waals surface area contributed by atoms with Gasteiger partial charge in [0.15, 0.2) is 0 Å². The predicted octanol–water partition coefficient (Wildman–Crippen LogP) is 2.76. The molecule has 18 heavy (non-hydrogen) atoms. The van der Waals surface area contributed by atoms with Crippen LogP contribution in [0.15, 0.2) is 18.2 Å². The van der Waals surface area contributed by atoms with Crippen LogP contribution in [0.2, 0.25) is 0 Å². The van der Waals surface area contributed by atoms with Crippen molar-refractivity contribution in [2.45, 2.75) is 26.3 Å². The van der Waals surface area contributed by atoms with Crippen LogP contribution in [0.4, 0.5) is 4.39 Å². The molecule has 0 aliphatic carbocycles. The molecule has 0 spiro atoms. The van der Waals surface area contributed by atoms with E-state index >= 15 is 0 Å². The van der Waals surface area contributed by atoms with Crippen molar-refractivity contribution in [3.63, 3.8) is 0 Å². The number of halogens is 1. The second-order valence-corrected chi connectivity index (χ2v) is 5.09. The molecule has 3 nitrogen and oxygen atoms in total. The Balaban J connectivity index is 2.07. The summed E-state index contributed by atoms with van der Waals surface area (Å²) < 4.78 is 13.8. The summed E-state index contributed by atoms with van der Waals surface area (Å²) in [5.74, 6) is -0.861. The Kier molecular flexibility index (Phi) is 3.97. The smallest absolute Gasteiger partial charge is 0.335 e. The zero-order chi connectivity index (χ0) is 13.1. The van der Waals surface area contributed by atoms with Gasteiger partial charge in [0.25, 0.3) is 0 Å².